The van der Waals surface area contributed by atoms with Gasteiger partial charge in [0.1, 0.15) is 17.7 Å². The number of aromatic amines is 1. The number of fused-ring (bicyclic) bond motifs is 2. The summed E-state index contributed by atoms with van der Waals surface area (Å²) in [5.41, 5.74) is 1.35. The lowest BCUT2D eigenvalue weighted by molar-refractivity contribution is 0.0455. The summed E-state index contributed by atoms with van der Waals surface area (Å²) in [6.07, 6.45) is 5.41. The van der Waals surface area contributed by atoms with Crippen molar-refractivity contribution in [2.24, 2.45) is 4.99 Å². The maximum Gasteiger partial charge on any atom is 0.182 e. The third kappa shape index (κ3) is 3.10. The molecule has 1 unspecified atom stereocenters. The summed E-state index contributed by atoms with van der Waals surface area (Å²) < 4.78 is 14.2. The fraction of sp³-hybridized carbons (Fsp3) is 0.333. The predicted octanol–water partition coefficient (Wildman–Crippen LogP) is 0.859. The summed E-state index contributed by atoms with van der Waals surface area (Å²) in [5, 5.41) is 8.43. The van der Waals surface area contributed by atoms with Crippen molar-refractivity contribution in [3.63, 3.8) is 0 Å². The van der Waals surface area contributed by atoms with E-state index in [4.69, 9.17) is 4.99 Å². The minimum Gasteiger partial charge on any atom is -0.361 e. The van der Waals surface area contributed by atoms with Crippen LogP contribution in [-0.2, 0) is 0 Å². The number of imidazole rings is 1. The van der Waals surface area contributed by atoms with Crippen molar-refractivity contribution in [1.82, 2.24) is 30.0 Å². The molecule has 8 nitrogen and oxygen atoms in total. The zero-order valence-corrected chi connectivity index (χ0v) is 15.4. The summed E-state index contributed by atoms with van der Waals surface area (Å²) in [6, 6.07) is 4.89. The van der Waals surface area contributed by atoms with E-state index >= 15 is 0 Å². The molecule has 0 saturated heterocycles. The van der Waals surface area contributed by atoms with Gasteiger partial charge in [0.15, 0.2) is 17.6 Å². The molecule has 2 N–H and O–H groups in total. The fourth-order valence-corrected chi connectivity index (χ4v) is 3.24. The van der Waals surface area contributed by atoms with Crippen molar-refractivity contribution in [2.45, 2.75) is 25.6 Å². The number of nitrogens with zero attached hydrogens (tertiary/aromatic N) is 6. The van der Waals surface area contributed by atoms with Gasteiger partial charge in [0, 0.05) is 20.3 Å². The fourth-order valence-electron chi connectivity index (χ4n) is 3.24. The number of nitrogens with one attached hydrogen (secondary N) is 2. The maximum absolute atomic E-state index is 14.2. The van der Waals surface area contributed by atoms with E-state index in [1.165, 1.54) is 12.4 Å². The molecule has 1 aromatic carbocycles. The molecule has 0 amide bonds. The van der Waals surface area contributed by atoms with Gasteiger partial charge in [-0.15, -0.1) is 0 Å². The number of aromatic nitrogens is 4. The molecule has 0 saturated carbocycles. The summed E-state index contributed by atoms with van der Waals surface area (Å²) in [6.45, 7) is 2.08. The van der Waals surface area contributed by atoms with Crippen LogP contribution in [0.25, 0.3) is 17.4 Å². The van der Waals surface area contributed by atoms with Crippen LogP contribution in [0.4, 0.5) is 10.2 Å². The van der Waals surface area contributed by atoms with E-state index < -0.39 is 0 Å². The van der Waals surface area contributed by atoms with Crippen LogP contribution in [0, 0.1) is 5.82 Å². The Bertz CT molecular complexity index is 1080. The molecule has 140 valence electrons. The van der Waals surface area contributed by atoms with Crippen LogP contribution < -0.4 is 15.9 Å². The molecule has 0 aliphatic carbocycles. The zero-order chi connectivity index (χ0) is 19.0. The second-order valence-corrected chi connectivity index (χ2v) is 6.55. The molecule has 9 heteroatoms. The minimum absolute atomic E-state index is 0.0681. The molecular formula is C18H21FN8. The molecule has 4 rings (SSSR count). The van der Waals surface area contributed by atoms with Crippen LogP contribution in [0.5, 0.6) is 0 Å². The van der Waals surface area contributed by atoms with Crippen molar-refractivity contribution < 1.29 is 4.39 Å². The highest BCUT2D eigenvalue weighted by Crippen LogP contribution is 2.21. The molecule has 3 heterocycles. The molecule has 0 radical (unpaired) electrons. The van der Waals surface area contributed by atoms with Crippen LogP contribution in [0.2, 0.25) is 0 Å². The lowest BCUT2D eigenvalue weighted by atomic mass is 10.1. The summed E-state index contributed by atoms with van der Waals surface area (Å²) in [4.78, 5) is 20.6. The standard InChI is InChI=1S/C18H21FN8/c1-4-13(24-17-15-16(21-9-20-15)22-10-23-17)18-25-14-7-5-6-12(19)11(14)8-27(18)26(2)3/h5-10,13,18H,4H2,1-3H3,(H2,20,21,22,23,24)/t13?,18-/m0/s1. The van der Waals surface area contributed by atoms with Gasteiger partial charge < -0.3 is 10.3 Å². The minimum atomic E-state index is -0.280. The Hall–Kier alpha value is -3.07. The molecule has 27 heavy (non-hydrogen) atoms. The number of anilines is 1. The maximum atomic E-state index is 14.2. The van der Waals surface area contributed by atoms with E-state index in [0.29, 0.717) is 22.0 Å². The van der Waals surface area contributed by atoms with Crippen molar-refractivity contribution in [3.8, 4) is 0 Å². The Morgan fingerprint density at radius 3 is 2.93 bits per heavy atom. The summed E-state index contributed by atoms with van der Waals surface area (Å²) >= 11 is 0. The van der Waals surface area contributed by atoms with Gasteiger partial charge in [-0.1, -0.05) is 13.0 Å². The highest BCUT2D eigenvalue weighted by molar-refractivity contribution is 5.82. The lowest BCUT2D eigenvalue weighted by Gasteiger charge is -2.39. The number of rotatable bonds is 5. The van der Waals surface area contributed by atoms with E-state index in [1.807, 2.05) is 30.2 Å². The average Bonchev–Trinajstić information content (AvgIpc) is 3.15. The molecule has 2 aromatic heterocycles. The molecule has 0 fully saturated rings. The van der Waals surface area contributed by atoms with Gasteiger partial charge in [-0.2, -0.15) is 0 Å². The van der Waals surface area contributed by atoms with Crippen LogP contribution in [0.1, 0.15) is 13.3 Å². The highest BCUT2D eigenvalue weighted by atomic mass is 19.1. The zero-order valence-electron chi connectivity index (χ0n) is 15.4. The number of hydrogen-bond acceptors (Lipinski definition) is 7. The van der Waals surface area contributed by atoms with Gasteiger partial charge in [0.2, 0.25) is 0 Å². The first-order valence-corrected chi connectivity index (χ1v) is 8.79. The van der Waals surface area contributed by atoms with E-state index in [9.17, 15) is 4.39 Å². The van der Waals surface area contributed by atoms with Crippen molar-refractivity contribution >= 4 is 23.2 Å². The number of hydrazine groups is 1. The third-order valence-corrected chi connectivity index (χ3v) is 4.64. The molecule has 0 spiro atoms. The molecule has 1 aliphatic heterocycles. The van der Waals surface area contributed by atoms with E-state index in [1.54, 1.807) is 18.6 Å². The highest BCUT2D eigenvalue weighted by Gasteiger charge is 2.29. The number of hydrogen-bond donors (Lipinski definition) is 2. The first kappa shape index (κ1) is 17.3. The van der Waals surface area contributed by atoms with E-state index in [2.05, 4.69) is 32.2 Å². The predicted molar refractivity (Wildman–Crippen MR) is 100 cm³/mol. The Morgan fingerprint density at radius 1 is 1.30 bits per heavy atom. The smallest absolute Gasteiger partial charge is 0.182 e. The number of halogens is 1. The Labute approximate surface area is 155 Å². The Morgan fingerprint density at radius 2 is 2.15 bits per heavy atom. The second-order valence-electron chi connectivity index (χ2n) is 6.55. The van der Waals surface area contributed by atoms with Crippen LogP contribution in [0.3, 0.4) is 0 Å². The first-order chi connectivity index (χ1) is 13.1. The third-order valence-electron chi connectivity index (χ3n) is 4.64. The molecule has 0 bridgehead atoms. The van der Waals surface area contributed by atoms with Gasteiger partial charge in [0.05, 0.1) is 22.9 Å². The summed E-state index contributed by atoms with van der Waals surface area (Å²) in [7, 11) is 3.82. The monoisotopic (exact) mass is 368 g/mol. The molecule has 3 aromatic rings. The quantitative estimate of drug-likeness (QED) is 0.695. The van der Waals surface area contributed by atoms with Gasteiger partial charge in [-0.05, 0) is 18.6 Å². The summed E-state index contributed by atoms with van der Waals surface area (Å²) in [5.74, 6) is 0.390. The van der Waals surface area contributed by atoms with E-state index in [0.717, 1.165) is 11.9 Å². The molecular weight excluding hydrogens is 347 g/mol. The number of H-pyrrole nitrogens is 1. The van der Waals surface area contributed by atoms with Gasteiger partial charge in [0.25, 0.3) is 0 Å². The van der Waals surface area contributed by atoms with Crippen molar-refractivity contribution in [3.05, 3.63) is 47.2 Å². The second kappa shape index (κ2) is 6.92. The molecule has 1 aliphatic rings. The Kier molecular flexibility index (Phi) is 4.44. The average molecular weight is 368 g/mol. The SMILES string of the molecule is CCC(Nc1ncnc2nc[nH]c12)[C@H]1N=c2cccc(F)c2=CN1N(C)C. The van der Waals surface area contributed by atoms with Gasteiger partial charge >= 0.3 is 0 Å². The topological polar surface area (TPSA) is 85.3 Å². The van der Waals surface area contributed by atoms with Gasteiger partial charge in [-0.3, -0.25) is 10.0 Å². The number of benzene rings is 1. The van der Waals surface area contributed by atoms with Crippen molar-refractivity contribution in [2.75, 3.05) is 19.4 Å². The largest absolute Gasteiger partial charge is 0.361 e. The Balaban J connectivity index is 1.75. The lowest BCUT2D eigenvalue weighted by Crippen LogP contribution is -2.54. The van der Waals surface area contributed by atoms with Crippen molar-refractivity contribution in [1.29, 1.82) is 0 Å². The van der Waals surface area contributed by atoms with Crippen LogP contribution >= 0.6 is 0 Å². The van der Waals surface area contributed by atoms with Crippen LogP contribution in [0.15, 0.2) is 35.8 Å². The molecule has 2 atom stereocenters. The van der Waals surface area contributed by atoms with Crippen LogP contribution in [-0.4, -0.2) is 56.3 Å². The van der Waals surface area contributed by atoms with E-state index in [-0.39, 0.29) is 18.0 Å². The first-order valence-electron chi connectivity index (χ1n) is 8.79. The normalized spacial score (nSPS) is 17.4. The van der Waals surface area contributed by atoms with Gasteiger partial charge in [-0.25, -0.2) is 24.4 Å².